The monoisotopic (exact) mass is 370 g/mol. The van der Waals surface area contributed by atoms with Crippen LogP contribution in [0.2, 0.25) is 0 Å². The number of anilines is 1. The second-order valence-corrected chi connectivity index (χ2v) is 9.36. The van der Waals surface area contributed by atoms with Gasteiger partial charge >= 0.3 is 0 Å². The molecule has 27 heavy (non-hydrogen) atoms. The number of rotatable bonds is 4. The van der Waals surface area contributed by atoms with Crippen molar-refractivity contribution in [2.24, 2.45) is 11.8 Å². The van der Waals surface area contributed by atoms with Crippen LogP contribution in [0.5, 0.6) is 0 Å². The molecule has 0 radical (unpaired) electrons. The first kappa shape index (κ1) is 19.9. The number of benzene rings is 1. The van der Waals surface area contributed by atoms with Crippen LogP contribution in [0.15, 0.2) is 24.3 Å². The molecule has 0 heterocycles. The Morgan fingerprint density at radius 1 is 0.815 bits per heavy atom. The number of nitrogens with one attached hydrogen (secondary N) is 2. The van der Waals surface area contributed by atoms with Gasteiger partial charge in [0, 0.05) is 23.6 Å². The van der Waals surface area contributed by atoms with Gasteiger partial charge in [0.15, 0.2) is 0 Å². The number of carbonyl (C=O) groups is 2. The summed E-state index contributed by atoms with van der Waals surface area (Å²) in [6, 6.07) is 8.52. The highest BCUT2D eigenvalue weighted by atomic mass is 16.2. The zero-order valence-corrected chi connectivity index (χ0v) is 17.0. The van der Waals surface area contributed by atoms with Crippen LogP contribution in [0.25, 0.3) is 0 Å². The predicted molar refractivity (Wildman–Crippen MR) is 110 cm³/mol. The molecule has 0 aromatic heterocycles. The maximum atomic E-state index is 12.6. The van der Waals surface area contributed by atoms with Crippen molar-refractivity contribution >= 4 is 17.5 Å². The molecule has 2 aliphatic rings. The highest BCUT2D eigenvalue weighted by Gasteiger charge is 2.31. The lowest BCUT2D eigenvalue weighted by Crippen LogP contribution is -2.39. The van der Waals surface area contributed by atoms with E-state index in [0.717, 1.165) is 44.2 Å². The van der Waals surface area contributed by atoms with Crippen molar-refractivity contribution < 1.29 is 9.59 Å². The molecule has 4 nitrogen and oxygen atoms in total. The van der Waals surface area contributed by atoms with Gasteiger partial charge in [-0.15, -0.1) is 0 Å². The lowest BCUT2D eigenvalue weighted by molar-refractivity contribution is -0.129. The third kappa shape index (κ3) is 5.33. The molecule has 0 spiro atoms. The van der Waals surface area contributed by atoms with Crippen LogP contribution in [-0.2, 0) is 15.0 Å². The van der Waals surface area contributed by atoms with Crippen molar-refractivity contribution in [1.29, 1.82) is 0 Å². The maximum Gasteiger partial charge on any atom is 0.227 e. The summed E-state index contributed by atoms with van der Waals surface area (Å²) in [6.07, 6.45) is 7.95. The third-order valence-electron chi connectivity index (χ3n) is 6.19. The van der Waals surface area contributed by atoms with Gasteiger partial charge in [-0.05, 0) is 61.6 Å². The molecule has 148 valence electrons. The Hall–Kier alpha value is -1.84. The minimum Gasteiger partial charge on any atom is -0.353 e. The molecule has 0 aliphatic heterocycles. The molecule has 0 atom stereocenters. The first-order valence-electron chi connectivity index (χ1n) is 10.5. The minimum atomic E-state index is 0.0165. The molecule has 2 saturated carbocycles. The average Bonchev–Trinajstić information content (AvgIpc) is 3.14. The van der Waals surface area contributed by atoms with Gasteiger partial charge in [0.25, 0.3) is 0 Å². The molecular formula is C23H34N2O2. The van der Waals surface area contributed by atoms with Crippen LogP contribution in [0.3, 0.4) is 0 Å². The van der Waals surface area contributed by atoms with Gasteiger partial charge in [-0.25, -0.2) is 0 Å². The van der Waals surface area contributed by atoms with Crippen molar-refractivity contribution in [3.8, 4) is 0 Å². The summed E-state index contributed by atoms with van der Waals surface area (Å²) in [4.78, 5) is 25.0. The first-order valence-corrected chi connectivity index (χ1v) is 10.5. The van der Waals surface area contributed by atoms with E-state index in [1.54, 1.807) is 0 Å². The van der Waals surface area contributed by atoms with Gasteiger partial charge in [-0.1, -0.05) is 45.7 Å². The first-order chi connectivity index (χ1) is 12.8. The average molecular weight is 371 g/mol. The standard InChI is InChI=1S/C23H34N2O2/c1-23(2,3)18-12-14-20(15-13-18)25-22(27)17-10-8-16(9-11-17)21(26)24-19-6-4-5-7-19/h12-17,19H,4-11H2,1-3H3,(H,24,26)(H,25,27). The van der Waals surface area contributed by atoms with E-state index in [0.29, 0.717) is 6.04 Å². The molecule has 0 bridgehead atoms. The number of hydrogen-bond donors (Lipinski definition) is 2. The molecule has 0 saturated heterocycles. The fourth-order valence-corrected chi connectivity index (χ4v) is 4.30. The second kappa shape index (κ2) is 8.45. The minimum absolute atomic E-state index is 0.0165. The highest BCUT2D eigenvalue weighted by molar-refractivity contribution is 5.92. The van der Waals surface area contributed by atoms with Crippen LogP contribution >= 0.6 is 0 Å². The van der Waals surface area contributed by atoms with Gasteiger partial charge in [-0.2, -0.15) is 0 Å². The van der Waals surface area contributed by atoms with E-state index in [1.807, 2.05) is 12.1 Å². The third-order valence-corrected chi connectivity index (χ3v) is 6.19. The summed E-state index contributed by atoms with van der Waals surface area (Å²) in [5, 5.41) is 6.26. The van der Waals surface area contributed by atoms with Crippen molar-refractivity contribution in [1.82, 2.24) is 5.32 Å². The Labute approximate surface area is 163 Å². The largest absolute Gasteiger partial charge is 0.353 e. The topological polar surface area (TPSA) is 58.2 Å². The van der Waals surface area contributed by atoms with E-state index in [2.05, 4.69) is 43.5 Å². The van der Waals surface area contributed by atoms with Crippen LogP contribution in [0.1, 0.15) is 77.7 Å². The maximum absolute atomic E-state index is 12.6. The molecule has 0 unspecified atom stereocenters. The molecular weight excluding hydrogens is 336 g/mol. The summed E-state index contributed by atoms with van der Waals surface area (Å²) in [5.41, 5.74) is 2.23. The molecule has 2 fully saturated rings. The second-order valence-electron chi connectivity index (χ2n) is 9.36. The lowest BCUT2D eigenvalue weighted by Gasteiger charge is -2.28. The van der Waals surface area contributed by atoms with Gasteiger partial charge in [-0.3, -0.25) is 9.59 Å². The van der Waals surface area contributed by atoms with E-state index in [1.165, 1.54) is 18.4 Å². The van der Waals surface area contributed by atoms with E-state index in [4.69, 9.17) is 0 Å². The summed E-state index contributed by atoms with van der Waals surface area (Å²) < 4.78 is 0. The Balaban J connectivity index is 1.46. The van der Waals surface area contributed by atoms with Crippen molar-refractivity contribution in [3.63, 3.8) is 0 Å². The van der Waals surface area contributed by atoms with Crippen molar-refractivity contribution in [3.05, 3.63) is 29.8 Å². The number of hydrogen-bond acceptors (Lipinski definition) is 2. The quantitative estimate of drug-likeness (QED) is 0.801. The number of carbonyl (C=O) groups excluding carboxylic acids is 2. The van der Waals surface area contributed by atoms with Gasteiger partial charge in [0.1, 0.15) is 0 Å². The van der Waals surface area contributed by atoms with Gasteiger partial charge in [0.05, 0.1) is 0 Å². The normalized spacial score (nSPS) is 23.8. The zero-order chi connectivity index (χ0) is 19.4. The summed E-state index contributed by atoms with van der Waals surface area (Å²) in [6.45, 7) is 6.55. The van der Waals surface area contributed by atoms with Crippen LogP contribution in [-0.4, -0.2) is 17.9 Å². The molecule has 2 amide bonds. The molecule has 2 N–H and O–H groups in total. The van der Waals surface area contributed by atoms with Crippen LogP contribution < -0.4 is 10.6 Å². The summed E-state index contributed by atoms with van der Waals surface area (Å²) in [7, 11) is 0. The Kier molecular flexibility index (Phi) is 6.23. The smallest absolute Gasteiger partial charge is 0.227 e. The van der Waals surface area contributed by atoms with Crippen molar-refractivity contribution in [2.75, 3.05) is 5.32 Å². The summed E-state index contributed by atoms with van der Waals surface area (Å²) >= 11 is 0. The molecule has 1 aromatic carbocycles. The van der Waals surface area contributed by atoms with Crippen LogP contribution in [0, 0.1) is 11.8 Å². The molecule has 1 aromatic rings. The van der Waals surface area contributed by atoms with Gasteiger partial charge in [0.2, 0.25) is 11.8 Å². The van der Waals surface area contributed by atoms with E-state index >= 15 is 0 Å². The predicted octanol–water partition coefficient (Wildman–Crippen LogP) is 4.79. The SMILES string of the molecule is CC(C)(C)c1ccc(NC(=O)C2CCC(C(=O)NC3CCCC3)CC2)cc1. The van der Waals surface area contributed by atoms with E-state index in [-0.39, 0.29) is 29.1 Å². The molecule has 3 rings (SSSR count). The fourth-order valence-electron chi connectivity index (χ4n) is 4.30. The lowest BCUT2D eigenvalue weighted by atomic mass is 9.81. The number of amides is 2. The molecule has 4 heteroatoms. The summed E-state index contributed by atoms with van der Waals surface area (Å²) in [5.74, 6) is 0.398. The van der Waals surface area contributed by atoms with E-state index in [9.17, 15) is 9.59 Å². The highest BCUT2D eigenvalue weighted by Crippen LogP contribution is 2.31. The van der Waals surface area contributed by atoms with E-state index < -0.39 is 0 Å². The Morgan fingerprint density at radius 2 is 1.33 bits per heavy atom. The van der Waals surface area contributed by atoms with Crippen molar-refractivity contribution in [2.45, 2.75) is 83.6 Å². The molecule has 2 aliphatic carbocycles. The van der Waals surface area contributed by atoms with Gasteiger partial charge < -0.3 is 10.6 Å². The zero-order valence-electron chi connectivity index (χ0n) is 17.0. The fraction of sp³-hybridized carbons (Fsp3) is 0.652. The Morgan fingerprint density at radius 3 is 1.85 bits per heavy atom. The van der Waals surface area contributed by atoms with Crippen LogP contribution in [0.4, 0.5) is 5.69 Å². The Bertz CT molecular complexity index is 646.